The van der Waals surface area contributed by atoms with Crippen molar-refractivity contribution in [3.63, 3.8) is 0 Å². The lowest BCUT2D eigenvalue weighted by Crippen LogP contribution is -2.49. The van der Waals surface area contributed by atoms with E-state index in [0.29, 0.717) is 32.9 Å². The van der Waals surface area contributed by atoms with Crippen LogP contribution in [-0.2, 0) is 27.7 Å². The van der Waals surface area contributed by atoms with E-state index in [4.69, 9.17) is 9.47 Å². The van der Waals surface area contributed by atoms with E-state index in [9.17, 15) is 37.4 Å². The van der Waals surface area contributed by atoms with Gasteiger partial charge in [0.15, 0.2) is 0 Å². The van der Waals surface area contributed by atoms with Gasteiger partial charge in [0.25, 0.3) is 5.56 Å². The van der Waals surface area contributed by atoms with Gasteiger partial charge in [-0.25, -0.2) is 13.2 Å². The van der Waals surface area contributed by atoms with Gasteiger partial charge in [0.1, 0.15) is 42.1 Å². The summed E-state index contributed by atoms with van der Waals surface area (Å²) in [4.78, 5) is 29.8. The van der Waals surface area contributed by atoms with Crippen LogP contribution in [0.4, 0.5) is 26.3 Å². The first-order valence-corrected chi connectivity index (χ1v) is 17.7. The molecule has 1 saturated heterocycles. The Balaban J connectivity index is 1.60. The van der Waals surface area contributed by atoms with Crippen LogP contribution in [0.5, 0.6) is 11.5 Å². The normalized spacial score (nSPS) is 18.0. The van der Waals surface area contributed by atoms with Crippen LogP contribution < -0.4 is 15.6 Å². The number of likely N-dealkylation sites (tertiary alicyclic amines) is 1. The molecule has 15 heteroatoms. The third kappa shape index (κ3) is 8.44. The highest BCUT2D eigenvalue weighted by molar-refractivity contribution is 5.85. The number of carbonyl (C=O) groups excluding carboxylic acids is 1. The Labute approximate surface area is 313 Å². The van der Waals surface area contributed by atoms with Crippen molar-refractivity contribution in [3.05, 3.63) is 116 Å². The third-order valence-corrected chi connectivity index (χ3v) is 10.0. The zero-order valence-corrected chi connectivity index (χ0v) is 30.6. The Morgan fingerprint density at radius 1 is 0.982 bits per heavy atom. The Bertz CT molecular complexity index is 2160. The number of amides is 1. The monoisotopic (exact) mass is 773 g/mol. The number of aliphatic hydroxyl groups excluding tert-OH is 1. The van der Waals surface area contributed by atoms with E-state index in [0.717, 1.165) is 18.3 Å². The lowest BCUT2D eigenvalue weighted by atomic mass is 9.88. The summed E-state index contributed by atoms with van der Waals surface area (Å²) in [5, 5.41) is 23.0. The number of fused-ring (bicyclic) bond motifs is 6. The van der Waals surface area contributed by atoms with Crippen molar-refractivity contribution in [1.29, 1.82) is 0 Å². The number of hydrogen-bond acceptors (Lipinski definition) is 7. The number of aliphatic hydroxyl groups is 2. The van der Waals surface area contributed by atoms with Gasteiger partial charge < -0.3 is 25.0 Å². The van der Waals surface area contributed by atoms with Gasteiger partial charge in [-0.3, -0.25) is 19.1 Å². The maximum absolute atomic E-state index is 16.2. The smallest absolute Gasteiger partial charge is 0.416 e. The number of pyridine rings is 1. The van der Waals surface area contributed by atoms with E-state index in [-0.39, 0.29) is 67.3 Å². The molecule has 3 N–H and O–H groups in total. The highest BCUT2D eigenvalue weighted by Gasteiger charge is 2.38. The van der Waals surface area contributed by atoms with Crippen LogP contribution in [0.15, 0.2) is 59.5 Å². The zero-order chi connectivity index (χ0) is 40.0. The maximum atomic E-state index is 16.2. The summed E-state index contributed by atoms with van der Waals surface area (Å²) in [7, 11) is 0. The highest BCUT2D eigenvalue weighted by atomic mass is 19.4. The van der Waals surface area contributed by atoms with Crippen molar-refractivity contribution in [1.82, 2.24) is 14.8 Å². The summed E-state index contributed by atoms with van der Waals surface area (Å²) in [6.45, 7) is 5.62. The number of carbonyl (C=O) groups is 1. The minimum Gasteiger partial charge on any atom is -0.457 e. The summed E-state index contributed by atoms with van der Waals surface area (Å²) < 4.78 is 101. The summed E-state index contributed by atoms with van der Waals surface area (Å²) >= 11 is 0. The van der Waals surface area contributed by atoms with E-state index >= 15 is 8.78 Å². The van der Waals surface area contributed by atoms with Gasteiger partial charge in [-0.05, 0) is 105 Å². The first-order valence-electron chi connectivity index (χ1n) is 17.7. The van der Waals surface area contributed by atoms with E-state index in [1.54, 1.807) is 43.9 Å². The molecule has 0 radical (unpaired) electrons. The number of alkyl halides is 4. The Kier molecular flexibility index (Phi) is 11.2. The van der Waals surface area contributed by atoms with E-state index in [1.165, 1.54) is 19.1 Å². The molecule has 1 fully saturated rings. The second-order valence-corrected chi connectivity index (χ2v) is 14.6. The summed E-state index contributed by atoms with van der Waals surface area (Å²) in [5.74, 6) is -2.62. The number of ether oxygens (including phenoxy) is 2. The third-order valence-electron chi connectivity index (χ3n) is 10.0. The average molecular weight is 774 g/mol. The van der Waals surface area contributed by atoms with Crippen LogP contribution in [0, 0.1) is 25.5 Å². The van der Waals surface area contributed by atoms with Crippen LogP contribution in [0.2, 0.25) is 0 Å². The van der Waals surface area contributed by atoms with Gasteiger partial charge in [0.05, 0.1) is 23.8 Å². The number of benzene rings is 3. The van der Waals surface area contributed by atoms with Gasteiger partial charge in [-0.1, -0.05) is 6.07 Å². The molecular weight excluding hydrogens is 732 g/mol. The minimum atomic E-state index is -4.97. The van der Waals surface area contributed by atoms with Crippen LogP contribution in [0.3, 0.4) is 0 Å². The van der Waals surface area contributed by atoms with Crippen LogP contribution >= 0.6 is 0 Å². The molecule has 4 aromatic rings. The number of nitrogens with one attached hydrogen (secondary N) is 1. The minimum absolute atomic E-state index is 0.0175. The number of aryl methyl sites for hydroxylation is 2. The van der Waals surface area contributed by atoms with Crippen molar-refractivity contribution in [3.8, 4) is 22.6 Å². The Hall–Kier alpha value is -4.70. The number of rotatable bonds is 9. The first kappa shape index (κ1) is 40.0. The van der Waals surface area contributed by atoms with Gasteiger partial charge >= 0.3 is 6.18 Å². The highest BCUT2D eigenvalue weighted by Crippen LogP contribution is 2.43. The largest absolute Gasteiger partial charge is 0.457 e. The molecule has 0 spiro atoms. The van der Waals surface area contributed by atoms with E-state index in [2.05, 4.69) is 5.32 Å². The standard InChI is InChI=1S/C40H41F6N3O6/c1-21-12-25(39(3,4)53)14-33-35(21)24-11-22(2)36(43)29(13-24)32(8-10-54-20-50)47-38(52)37(28-15-27(55-33)5-6-31(28)42)49-17-23(7-9-48-18-26(41)19-48)30(16-34(49)51)40(44,45)46/h5-6,11-17,26,32,37,50,53H,7-10,18-20H2,1-4H3,(H,47,52)/t32-,37-/m0/s1. The molecule has 0 saturated carbocycles. The number of hydrogen-bond donors (Lipinski definition) is 3. The Morgan fingerprint density at radius 2 is 1.71 bits per heavy atom. The lowest BCUT2D eigenvalue weighted by Gasteiger charge is -2.34. The fourth-order valence-electron chi connectivity index (χ4n) is 7.14. The van der Waals surface area contributed by atoms with E-state index in [1.807, 2.05) is 0 Å². The predicted molar refractivity (Wildman–Crippen MR) is 190 cm³/mol. The topological polar surface area (TPSA) is 113 Å². The molecule has 3 aromatic carbocycles. The van der Waals surface area contributed by atoms with Crippen molar-refractivity contribution in [2.45, 2.75) is 70.6 Å². The predicted octanol–water partition coefficient (Wildman–Crippen LogP) is 6.76. The van der Waals surface area contributed by atoms with Gasteiger partial charge in [-0.15, -0.1) is 0 Å². The molecule has 2 atom stereocenters. The lowest BCUT2D eigenvalue weighted by molar-refractivity contribution is -0.138. The molecule has 55 heavy (non-hydrogen) atoms. The molecule has 6 rings (SSSR count). The van der Waals surface area contributed by atoms with Gasteiger partial charge in [0, 0.05) is 48.6 Å². The molecule has 294 valence electrons. The molecule has 1 amide bonds. The SMILES string of the molecule is Cc1cc2cc(c1F)[C@H](CCOCO)NC(=O)[C@@H](n1cc(CCN3CC(F)C3)c(C(F)(F)F)cc1=O)c1cc(ccc1F)Oc1cc(C(C)(C)O)cc(C)c1-2. The summed E-state index contributed by atoms with van der Waals surface area (Å²) in [6.07, 6.45) is -5.63. The molecular formula is C40H41F6N3O6. The van der Waals surface area contributed by atoms with Crippen molar-refractivity contribution in [2.75, 3.05) is 33.0 Å². The molecule has 2 aliphatic heterocycles. The van der Waals surface area contributed by atoms with Gasteiger partial charge in [0.2, 0.25) is 5.91 Å². The molecule has 0 aliphatic carbocycles. The van der Waals surface area contributed by atoms with Crippen molar-refractivity contribution in [2.24, 2.45) is 0 Å². The van der Waals surface area contributed by atoms with Gasteiger partial charge in [-0.2, -0.15) is 13.2 Å². The van der Waals surface area contributed by atoms with Crippen LogP contribution in [0.25, 0.3) is 11.1 Å². The fourth-order valence-corrected chi connectivity index (χ4v) is 7.14. The fraction of sp³-hybridized carbons (Fsp3) is 0.400. The molecule has 1 aromatic heterocycles. The quantitative estimate of drug-likeness (QED) is 0.0980. The Morgan fingerprint density at radius 3 is 2.36 bits per heavy atom. The average Bonchev–Trinajstić information content (AvgIpc) is 3.08. The second-order valence-electron chi connectivity index (χ2n) is 14.6. The number of nitrogens with zero attached hydrogens (tertiary/aromatic N) is 2. The molecule has 9 nitrogen and oxygen atoms in total. The molecule has 3 heterocycles. The maximum Gasteiger partial charge on any atom is 0.416 e. The molecule has 4 bridgehead atoms. The summed E-state index contributed by atoms with van der Waals surface area (Å²) in [5.41, 5.74) is -2.54. The van der Waals surface area contributed by atoms with Crippen molar-refractivity contribution >= 4 is 5.91 Å². The zero-order valence-electron chi connectivity index (χ0n) is 30.6. The van der Waals surface area contributed by atoms with E-state index < -0.39 is 71.1 Å². The molecule has 0 unspecified atom stereocenters. The molecule has 2 aliphatic rings. The first-order chi connectivity index (χ1) is 25.8. The summed E-state index contributed by atoms with van der Waals surface area (Å²) in [6, 6.07) is 6.97. The van der Waals surface area contributed by atoms with Crippen LogP contribution in [-0.4, -0.2) is 64.8 Å². The number of halogens is 6. The second kappa shape index (κ2) is 15.4. The number of aromatic nitrogens is 1. The van der Waals surface area contributed by atoms with Crippen molar-refractivity contribution < 1.29 is 50.8 Å². The van der Waals surface area contributed by atoms with Crippen LogP contribution in [0.1, 0.15) is 71.3 Å².